The molecule has 2 aromatic rings. The van der Waals surface area contributed by atoms with Crippen molar-refractivity contribution in [1.29, 1.82) is 5.41 Å². The minimum Gasteiger partial charge on any atom is -0.496 e. The highest BCUT2D eigenvalue weighted by atomic mass is 32.2. The first kappa shape index (κ1) is 16.9. The predicted molar refractivity (Wildman–Crippen MR) is 98.1 cm³/mol. The fourth-order valence-electron chi connectivity index (χ4n) is 2.48. The van der Waals surface area contributed by atoms with Gasteiger partial charge in [-0.25, -0.2) is 0 Å². The van der Waals surface area contributed by atoms with Crippen LogP contribution in [0.4, 0.5) is 0 Å². The number of thioether (sulfide) groups is 1. The summed E-state index contributed by atoms with van der Waals surface area (Å²) in [7, 11) is 1.63. The Labute approximate surface area is 148 Å². The first-order chi connectivity index (χ1) is 11.5. The van der Waals surface area contributed by atoms with Crippen LogP contribution in [0.25, 0.3) is 6.08 Å². The van der Waals surface area contributed by atoms with Gasteiger partial charge in [0.05, 0.1) is 17.1 Å². The van der Waals surface area contributed by atoms with Gasteiger partial charge < -0.3 is 4.74 Å². The molecule has 3 rings (SSSR count). The molecule has 124 valence electrons. The van der Waals surface area contributed by atoms with Gasteiger partial charge in [0.2, 0.25) is 0 Å². The molecular formula is C17H17N3O2S2. The number of allylic oxidation sites excluding steroid dienone is 1. The van der Waals surface area contributed by atoms with E-state index in [0.717, 1.165) is 28.3 Å². The SMILES string of the molecule is CCc1nnc([C@@H]2C(=N)S/C(=C\c3ccc(OC)c(C)c3)C2=O)s1. The summed E-state index contributed by atoms with van der Waals surface area (Å²) in [5, 5.41) is 18.1. The van der Waals surface area contributed by atoms with Crippen LogP contribution in [0.2, 0.25) is 0 Å². The molecule has 1 N–H and O–H groups in total. The Kier molecular flexibility index (Phi) is 4.82. The van der Waals surface area contributed by atoms with Crippen molar-refractivity contribution in [2.24, 2.45) is 0 Å². The van der Waals surface area contributed by atoms with E-state index in [9.17, 15) is 4.79 Å². The van der Waals surface area contributed by atoms with Crippen molar-refractivity contribution in [2.75, 3.05) is 7.11 Å². The molecule has 0 spiro atoms. The number of ketones is 1. The fraction of sp³-hybridized carbons (Fsp3) is 0.294. The van der Waals surface area contributed by atoms with E-state index in [1.54, 1.807) is 7.11 Å². The predicted octanol–water partition coefficient (Wildman–Crippen LogP) is 3.84. The molecule has 1 aliphatic rings. The maximum atomic E-state index is 12.7. The molecule has 1 fully saturated rings. The van der Waals surface area contributed by atoms with Crippen molar-refractivity contribution in [3.8, 4) is 5.75 Å². The zero-order valence-electron chi connectivity index (χ0n) is 13.6. The molecule has 0 unspecified atom stereocenters. The number of nitrogens with one attached hydrogen (secondary N) is 1. The summed E-state index contributed by atoms with van der Waals surface area (Å²) >= 11 is 2.62. The number of hydrogen-bond acceptors (Lipinski definition) is 7. The highest BCUT2D eigenvalue weighted by Gasteiger charge is 2.39. The number of nitrogens with zero attached hydrogens (tertiary/aromatic N) is 2. The van der Waals surface area contributed by atoms with Gasteiger partial charge in [-0.2, -0.15) is 0 Å². The van der Waals surface area contributed by atoms with Crippen LogP contribution >= 0.6 is 23.1 Å². The molecule has 7 heteroatoms. The minimum atomic E-state index is -0.599. The van der Waals surface area contributed by atoms with E-state index in [2.05, 4.69) is 10.2 Å². The number of Topliss-reactive ketones (excluding diaryl/α,β-unsaturated/α-hetero) is 1. The van der Waals surface area contributed by atoms with Crippen LogP contribution in [0.1, 0.15) is 34.0 Å². The summed E-state index contributed by atoms with van der Waals surface area (Å²) in [4.78, 5) is 13.3. The minimum absolute atomic E-state index is 0.0720. The van der Waals surface area contributed by atoms with E-state index < -0.39 is 5.92 Å². The maximum Gasteiger partial charge on any atom is 0.186 e. The van der Waals surface area contributed by atoms with E-state index in [-0.39, 0.29) is 5.78 Å². The lowest BCUT2D eigenvalue weighted by atomic mass is 10.0. The molecule has 0 saturated carbocycles. The lowest BCUT2D eigenvalue weighted by Crippen LogP contribution is -2.11. The third kappa shape index (κ3) is 3.14. The summed E-state index contributed by atoms with van der Waals surface area (Å²) in [6.07, 6.45) is 2.61. The van der Waals surface area contributed by atoms with Crippen molar-refractivity contribution in [3.05, 3.63) is 44.2 Å². The lowest BCUT2D eigenvalue weighted by molar-refractivity contribution is -0.114. The summed E-state index contributed by atoms with van der Waals surface area (Å²) in [5.41, 5.74) is 1.93. The van der Waals surface area contributed by atoms with Crippen molar-refractivity contribution in [1.82, 2.24) is 10.2 Å². The molecule has 0 bridgehead atoms. The summed E-state index contributed by atoms with van der Waals surface area (Å²) in [6.45, 7) is 3.96. The average Bonchev–Trinajstić information content (AvgIpc) is 3.12. The molecule has 1 saturated heterocycles. The van der Waals surface area contributed by atoms with Crippen molar-refractivity contribution in [3.63, 3.8) is 0 Å². The smallest absolute Gasteiger partial charge is 0.186 e. The second kappa shape index (κ2) is 6.86. The van der Waals surface area contributed by atoms with Gasteiger partial charge in [0.25, 0.3) is 0 Å². The molecule has 1 atom stereocenters. The van der Waals surface area contributed by atoms with Crippen LogP contribution in [0.15, 0.2) is 23.1 Å². The summed E-state index contributed by atoms with van der Waals surface area (Å²) in [5.74, 6) is 0.143. The van der Waals surface area contributed by atoms with Gasteiger partial charge in [0.15, 0.2) is 5.78 Å². The second-order valence-electron chi connectivity index (χ2n) is 5.39. The van der Waals surface area contributed by atoms with Crippen molar-refractivity contribution < 1.29 is 9.53 Å². The standard InChI is InChI=1S/C17H17N3O2S2/c1-4-13-19-20-17(24-13)14-15(21)12(23-16(14)18)8-10-5-6-11(22-3)9(2)7-10/h5-8,14,18H,4H2,1-3H3/b12-8-,18-16?/t14-/m0/s1. The molecule has 0 aliphatic carbocycles. The molecule has 5 nitrogen and oxygen atoms in total. The number of benzene rings is 1. The number of hydrogen-bond donors (Lipinski definition) is 1. The van der Waals surface area contributed by atoms with Crippen LogP contribution in [0.5, 0.6) is 5.75 Å². The summed E-state index contributed by atoms with van der Waals surface area (Å²) < 4.78 is 5.26. The highest BCUT2D eigenvalue weighted by molar-refractivity contribution is 8.19. The van der Waals surface area contributed by atoms with Crippen LogP contribution < -0.4 is 4.74 Å². The molecule has 24 heavy (non-hydrogen) atoms. The Morgan fingerprint density at radius 3 is 2.79 bits per heavy atom. The first-order valence-corrected chi connectivity index (χ1v) is 9.16. The van der Waals surface area contributed by atoms with E-state index >= 15 is 0 Å². The monoisotopic (exact) mass is 359 g/mol. The van der Waals surface area contributed by atoms with E-state index in [1.807, 2.05) is 38.1 Å². The van der Waals surface area contributed by atoms with Crippen molar-refractivity contribution in [2.45, 2.75) is 26.2 Å². The number of ether oxygens (including phenoxy) is 1. The largest absolute Gasteiger partial charge is 0.496 e. The van der Waals surface area contributed by atoms with E-state index in [1.165, 1.54) is 23.1 Å². The first-order valence-electron chi connectivity index (χ1n) is 7.52. The summed E-state index contributed by atoms with van der Waals surface area (Å²) in [6, 6.07) is 5.76. The fourth-order valence-corrected chi connectivity index (χ4v) is 4.44. The molecule has 2 heterocycles. The van der Waals surface area contributed by atoms with Gasteiger partial charge in [0.1, 0.15) is 21.7 Å². The number of methoxy groups -OCH3 is 1. The number of carbonyl (C=O) groups excluding carboxylic acids is 1. The normalized spacial score (nSPS) is 19.3. The molecule has 0 amide bonds. The van der Waals surface area contributed by atoms with Crippen LogP contribution in [-0.2, 0) is 11.2 Å². The number of carbonyl (C=O) groups is 1. The third-order valence-corrected chi connectivity index (χ3v) is 5.86. The number of aromatic nitrogens is 2. The van der Waals surface area contributed by atoms with Gasteiger partial charge in [-0.3, -0.25) is 10.2 Å². The van der Waals surface area contributed by atoms with E-state index in [0.29, 0.717) is 15.0 Å². The van der Waals surface area contributed by atoms with Crippen LogP contribution in [0, 0.1) is 12.3 Å². The number of rotatable bonds is 4. The Morgan fingerprint density at radius 2 is 2.17 bits per heavy atom. The average molecular weight is 359 g/mol. The second-order valence-corrected chi connectivity index (χ2v) is 7.57. The Hall–Kier alpha value is -1.99. The lowest BCUT2D eigenvalue weighted by Gasteiger charge is -2.05. The van der Waals surface area contributed by atoms with Gasteiger partial charge in [-0.1, -0.05) is 24.8 Å². The molecule has 1 aliphatic heterocycles. The Balaban J connectivity index is 1.89. The molecular weight excluding hydrogens is 342 g/mol. The topological polar surface area (TPSA) is 75.9 Å². The van der Waals surface area contributed by atoms with Crippen LogP contribution in [0.3, 0.4) is 0 Å². The van der Waals surface area contributed by atoms with Crippen molar-refractivity contribution >= 4 is 40.0 Å². The highest BCUT2D eigenvalue weighted by Crippen LogP contribution is 2.41. The third-order valence-electron chi connectivity index (χ3n) is 3.74. The van der Waals surface area contributed by atoms with Gasteiger partial charge >= 0.3 is 0 Å². The molecule has 0 radical (unpaired) electrons. The number of aryl methyl sites for hydroxylation is 2. The zero-order chi connectivity index (χ0) is 17.3. The zero-order valence-corrected chi connectivity index (χ0v) is 15.3. The Bertz CT molecular complexity index is 842. The van der Waals surface area contributed by atoms with Gasteiger partial charge in [-0.15, -0.1) is 21.5 Å². The Morgan fingerprint density at radius 1 is 1.38 bits per heavy atom. The quantitative estimate of drug-likeness (QED) is 0.840. The molecule has 1 aromatic carbocycles. The van der Waals surface area contributed by atoms with Gasteiger partial charge in [-0.05, 0) is 42.7 Å². The van der Waals surface area contributed by atoms with Gasteiger partial charge in [0, 0.05) is 0 Å². The molecule has 1 aromatic heterocycles. The van der Waals surface area contributed by atoms with Crippen LogP contribution in [-0.4, -0.2) is 28.1 Å². The van der Waals surface area contributed by atoms with E-state index in [4.69, 9.17) is 10.1 Å². The maximum absolute atomic E-state index is 12.7.